The maximum absolute atomic E-state index is 11.7. The van der Waals surface area contributed by atoms with Gasteiger partial charge in [-0.25, -0.2) is 0 Å². The molecule has 1 aromatic carbocycles. The Kier molecular flexibility index (Phi) is 3.09. The van der Waals surface area contributed by atoms with Gasteiger partial charge in [-0.3, -0.25) is 19.3 Å². The molecule has 0 radical (unpaired) electrons. The van der Waals surface area contributed by atoms with Crippen molar-refractivity contribution in [3.63, 3.8) is 0 Å². The van der Waals surface area contributed by atoms with E-state index >= 15 is 0 Å². The van der Waals surface area contributed by atoms with Gasteiger partial charge >= 0.3 is 0 Å². The zero-order valence-electron chi connectivity index (χ0n) is 9.86. The average molecular weight is 267 g/mol. The number of anilines is 1. The van der Waals surface area contributed by atoms with Crippen LogP contribution in [0, 0.1) is 0 Å². The van der Waals surface area contributed by atoms with Crippen LogP contribution in [0.1, 0.15) is 27.6 Å². The molecule has 1 unspecified atom stereocenters. The van der Waals surface area contributed by atoms with Gasteiger partial charge in [-0.2, -0.15) is 0 Å². The molecule has 0 spiro atoms. The highest BCUT2D eigenvalue weighted by molar-refractivity contribution is 6.32. The topological polar surface area (TPSA) is 66.5 Å². The van der Waals surface area contributed by atoms with Crippen molar-refractivity contribution in [1.82, 2.24) is 4.90 Å². The van der Waals surface area contributed by atoms with Gasteiger partial charge in [0.2, 0.25) is 5.91 Å². The van der Waals surface area contributed by atoms with Gasteiger partial charge in [0.05, 0.1) is 11.1 Å². The molecule has 18 heavy (non-hydrogen) atoms. The lowest BCUT2D eigenvalue weighted by molar-refractivity contribution is -0.115. The predicted octanol–water partition coefficient (Wildman–Crippen LogP) is 1.48. The smallest absolute Gasteiger partial charge is 0.261 e. The van der Waals surface area contributed by atoms with Crippen molar-refractivity contribution in [3.05, 3.63) is 29.3 Å². The third-order valence-electron chi connectivity index (χ3n) is 2.72. The summed E-state index contributed by atoms with van der Waals surface area (Å²) in [5.41, 5.74) is 1.09. The van der Waals surface area contributed by atoms with Gasteiger partial charge in [-0.05, 0) is 25.1 Å². The normalized spacial score (nSPS) is 15.6. The van der Waals surface area contributed by atoms with Crippen molar-refractivity contribution in [2.75, 3.05) is 12.4 Å². The van der Waals surface area contributed by atoms with E-state index in [1.165, 1.54) is 19.2 Å². The van der Waals surface area contributed by atoms with E-state index in [1.54, 1.807) is 13.0 Å². The number of nitrogens with zero attached hydrogens (tertiary/aromatic N) is 1. The molecule has 0 saturated carbocycles. The zero-order valence-corrected chi connectivity index (χ0v) is 10.6. The highest BCUT2D eigenvalue weighted by Crippen LogP contribution is 2.24. The van der Waals surface area contributed by atoms with E-state index in [0.717, 1.165) is 4.90 Å². The lowest BCUT2D eigenvalue weighted by Gasteiger charge is -2.07. The third kappa shape index (κ3) is 1.97. The molecule has 6 heteroatoms. The lowest BCUT2D eigenvalue weighted by atomic mass is 10.1. The van der Waals surface area contributed by atoms with Gasteiger partial charge in [-0.15, -0.1) is 11.6 Å². The molecule has 1 aliphatic heterocycles. The first-order valence-corrected chi connectivity index (χ1v) is 5.77. The highest BCUT2D eigenvalue weighted by Gasteiger charge is 2.32. The minimum absolute atomic E-state index is 0.294. The first-order chi connectivity index (χ1) is 8.41. The van der Waals surface area contributed by atoms with Crippen LogP contribution in [0.2, 0.25) is 0 Å². The van der Waals surface area contributed by atoms with Gasteiger partial charge in [0, 0.05) is 12.7 Å². The molecule has 0 fully saturated rings. The summed E-state index contributed by atoms with van der Waals surface area (Å²) >= 11 is 5.63. The number of hydrogen-bond acceptors (Lipinski definition) is 3. The number of halogens is 1. The number of amides is 3. The van der Waals surface area contributed by atoms with Crippen LogP contribution in [-0.2, 0) is 4.79 Å². The fourth-order valence-corrected chi connectivity index (χ4v) is 1.74. The average Bonchev–Trinajstić information content (AvgIpc) is 2.54. The number of rotatable bonds is 2. The summed E-state index contributed by atoms with van der Waals surface area (Å²) in [5, 5.41) is 1.90. The molecule has 1 atom stereocenters. The zero-order chi connectivity index (χ0) is 13.4. The molecular weight excluding hydrogens is 256 g/mol. The summed E-state index contributed by atoms with van der Waals surface area (Å²) in [5.74, 6) is -1.06. The first kappa shape index (κ1) is 12.6. The Hall–Kier alpha value is -1.88. The first-order valence-electron chi connectivity index (χ1n) is 5.33. The second kappa shape index (κ2) is 4.42. The van der Waals surface area contributed by atoms with Crippen molar-refractivity contribution in [2.24, 2.45) is 0 Å². The third-order valence-corrected chi connectivity index (χ3v) is 2.92. The molecule has 1 aromatic rings. The standard InChI is InChI=1S/C12H11ClN2O3/c1-6(13)10(16)14-7-3-4-8-9(5-7)12(18)15(2)11(8)17/h3-6H,1-2H3,(H,14,16). The van der Waals surface area contributed by atoms with E-state index < -0.39 is 5.38 Å². The number of imide groups is 1. The lowest BCUT2D eigenvalue weighted by Crippen LogP contribution is -2.24. The molecule has 3 amide bonds. The second-order valence-corrected chi connectivity index (χ2v) is 4.69. The van der Waals surface area contributed by atoms with Crippen molar-refractivity contribution < 1.29 is 14.4 Å². The number of fused-ring (bicyclic) bond motifs is 1. The fraction of sp³-hybridized carbons (Fsp3) is 0.250. The van der Waals surface area contributed by atoms with Crippen LogP contribution in [0.5, 0.6) is 0 Å². The molecule has 94 valence electrons. The van der Waals surface area contributed by atoms with Crippen LogP contribution < -0.4 is 5.32 Å². The molecule has 1 heterocycles. The molecule has 1 N–H and O–H groups in total. The summed E-state index contributed by atoms with van der Waals surface area (Å²) in [7, 11) is 1.42. The monoisotopic (exact) mass is 266 g/mol. The van der Waals surface area contributed by atoms with Crippen molar-refractivity contribution in [3.8, 4) is 0 Å². The summed E-state index contributed by atoms with van der Waals surface area (Å²) < 4.78 is 0. The Balaban J connectivity index is 2.32. The van der Waals surface area contributed by atoms with Gasteiger partial charge in [0.15, 0.2) is 0 Å². The Morgan fingerprint density at radius 1 is 1.28 bits per heavy atom. The van der Waals surface area contributed by atoms with Crippen molar-refractivity contribution in [1.29, 1.82) is 0 Å². The fourth-order valence-electron chi connectivity index (χ4n) is 1.68. The molecule has 0 saturated heterocycles. The number of hydrogen-bond donors (Lipinski definition) is 1. The maximum atomic E-state index is 11.7. The van der Waals surface area contributed by atoms with Gasteiger partial charge in [-0.1, -0.05) is 0 Å². The molecule has 0 aliphatic carbocycles. The summed E-state index contributed by atoms with van der Waals surface area (Å²) in [6.45, 7) is 1.55. The Morgan fingerprint density at radius 3 is 2.50 bits per heavy atom. The maximum Gasteiger partial charge on any atom is 0.261 e. The van der Waals surface area contributed by atoms with E-state index in [2.05, 4.69) is 5.32 Å². The van der Waals surface area contributed by atoms with Crippen LogP contribution in [0.3, 0.4) is 0 Å². The van der Waals surface area contributed by atoms with Crippen LogP contribution in [0.25, 0.3) is 0 Å². The van der Waals surface area contributed by atoms with E-state index in [1.807, 2.05) is 0 Å². The van der Waals surface area contributed by atoms with E-state index in [0.29, 0.717) is 16.8 Å². The molecule has 1 aliphatic rings. The molecule has 2 rings (SSSR count). The quantitative estimate of drug-likeness (QED) is 0.651. The van der Waals surface area contributed by atoms with Crippen molar-refractivity contribution >= 4 is 35.0 Å². The van der Waals surface area contributed by atoms with Crippen LogP contribution in [-0.4, -0.2) is 35.0 Å². The van der Waals surface area contributed by atoms with Crippen LogP contribution >= 0.6 is 11.6 Å². The van der Waals surface area contributed by atoms with E-state index in [9.17, 15) is 14.4 Å². The second-order valence-electron chi connectivity index (χ2n) is 4.03. The predicted molar refractivity (Wildman–Crippen MR) is 66.8 cm³/mol. The number of carbonyl (C=O) groups excluding carboxylic acids is 3. The summed E-state index contributed by atoms with van der Waals surface area (Å²) in [4.78, 5) is 35.8. The van der Waals surface area contributed by atoms with Gasteiger partial charge in [0.25, 0.3) is 11.8 Å². The Labute approximate surface area is 109 Å². The number of alkyl halides is 1. The molecule has 0 aromatic heterocycles. The summed E-state index contributed by atoms with van der Waals surface area (Å²) in [6.07, 6.45) is 0. The molecule has 0 bridgehead atoms. The Bertz CT molecular complexity index is 554. The SMILES string of the molecule is CC(Cl)C(=O)Nc1ccc2c(c1)C(=O)N(C)C2=O. The van der Waals surface area contributed by atoms with E-state index in [4.69, 9.17) is 11.6 Å². The van der Waals surface area contributed by atoms with Gasteiger partial charge < -0.3 is 5.32 Å². The highest BCUT2D eigenvalue weighted by atomic mass is 35.5. The molecular formula is C12H11ClN2O3. The van der Waals surface area contributed by atoms with Gasteiger partial charge in [0.1, 0.15) is 5.38 Å². The van der Waals surface area contributed by atoms with Crippen molar-refractivity contribution in [2.45, 2.75) is 12.3 Å². The Morgan fingerprint density at radius 2 is 1.89 bits per heavy atom. The molecule has 5 nitrogen and oxygen atoms in total. The van der Waals surface area contributed by atoms with Crippen LogP contribution in [0.4, 0.5) is 5.69 Å². The minimum Gasteiger partial charge on any atom is -0.325 e. The van der Waals surface area contributed by atoms with Crippen LogP contribution in [0.15, 0.2) is 18.2 Å². The van der Waals surface area contributed by atoms with E-state index in [-0.39, 0.29) is 17.7 Å². The largest absolute Gasteiger partial charge is 0.325 e. The number of benzene rings is 1. The number of carbonyl (C=O) groups is 3. The minimum atomic E-state index is -0.668. The number of nitrogens with one attached hydrogen (secondary N) is 1. The summed E-state index contributed by atoms with van der Waals surface area (Å²) in [6, 6.07) is 4.57.